The van der Waals surface area contributed by atoms with Crippen LogP contribution in [-0.4, -0.2) is 83.3 Å². The van der Waals surface area contributed by atoms with Gasteiger partial charge in [0, 0.05) is 26.7 Å². The summed E-state index contributed by atoms with van der Waals surface area (Å²) in [6.07, 6.45) is 0.624. The van der Waals surface area contributed by atoms with Gasteiger partial charge in [-0.05, 0) is 24.8 Å². The standard InChI is InChI=1S/C22H31N5O2/c1-15(2)12-27-20(28)18-19(24(4)22(27)29)23-21-25(13-16(3)14-26(18)21)11-10-17-8-6-5-7-9-17/h5-9,16,18-19,21,23H,1,10-14H2,2-4H3. The Morgan fingerprint density at radius 3 is 2.62 bits per heavy atom. The lowest BCUT2D eigenvalue weighted by atomic mass is 10.0. The predicted octanol–water partition coefficient (Wildman–Crippen LogP) is 1.53. The number of hydrogen-bond acceptors (Lipinski definition) is 5. The summed E-state index contributed by atoms with van der Waals surface area (Å²) in [6, 6.07) is 9.86. The Morgan fingerprint density at radius 1 is 1.21 bits per heavy atom. The molecule has 3 saturated heterocycles. The number of benzene rings is 1. The molecule has 0 aliphatic carbocycles. The molecule has 0 saturated carbocycles. The van der Waals surface area contributed by atoms with E-state index >= 15 is 0 Å². The number of nitrogens with zero attached hydrogens (tertiary/aromatic N) is 4. The lowest BCUT2D eigenvalue weighted by Crippen LogP contribution is -2.66. The van der Waals surface area contributed by atoms with Crippen molar-refractivity contribution in [3.63, 3.8) is 0 Å². The molecule has 3 fully saturated rings. The molecule has 7 nitrogen and oxygen atoms in total. The molecule has 7 heteroatoms. The van der Waals surface area contributed by atoms with E-state index in [-0.39, 0.29) is 37.0 Å². The van der Waals surface area contributed by atoms with Crippen molar-refractivity contribution in [1.29, 1.82) is 0 Å². The molecule has 3 aliphatic heterocycles. The highest BCUT2D eigenvalue weighted by Crippen LogP contribution is 2.32. The first-order valence-electron chi connectivity index (χ1n) is 10.4. The van der Waals surface area contributed by atoms with Crippen LogP contribution in [0.3, 0.4) is 0 Å². The van der Waals surface area contributed by atoms with Crippen molar-refractivity contribution < 1.29 is 9.59 Å². The minimum atomic E-state index is -0.357. The molecule has 0 aromatic heterocycles. The van der Waals surface area contributed by atoms with Crippen molar-refractivity contribution in [2.24, 2.45) is 5.92 Å². The van der Waals surface area contributed by atoms with Gasteiger partial charge in [0.2, 0.25) is 0 Å². The van der Waals surface area contributed by atoms with Crippen LogP contribution in [0.25, 0.3) is 0 Å². The molecule has 3 aliphatic rings. The summed E-state index contributed by atoms with van der Waals surface area (Å²) in [5.74, 6) is 0.334. The molecule has 4 rings (SSSR count). The van der Waals surface area contributed by atoms with E-state index in [1.165, 1.54) is 10.5 Å². The number of imide groups is 1. The van der Waals surface area contributed by atoms with Gasteiger partial charge in [0.25, 0.3) is 5.91 Å². The van der Waals surface area contributed by atoms with Crippen LogP contribution >= 0.6 is 0 Å². The first-order valence-corrected chi connectivity index (χ1v) is 10.4. The minimum absolute atomic E-state index is 0.0334. The Hall–Kier alpha value is -2.22. The fraction of sp³-hybridized carbons (Fsp3) is 0.545. The normalized spacial score (nSPS) is 30.4. The van der Waals surface area contributed by atoms with Crippen LogP contribution in [0.15, 0.2) is 42.5 Å². The lowest BCUT2D eigenvalue weighted by Gasteiger charge is -2.45. The molecule has 0 bridgehead atoms. The molecule has 4 atom stereocenters. The number of hydrogen-bond donors (Lipinski definition) is 1. The van der Waals surface area contributed by atoms with Crippen molar-refractivity contribution in [3.05, 3.63) is 48.0 Å². The number of urea groups is 1. The number of rotatable bonds is 5. The van der Waals surface area contributed by atoms with E-state index in [1.807, 2.05) is 13.0 Å². The van der Waals surface area contributed by atoms with Crippen molar-refractivity contribution in [3.8, 4) is 0 Å². The molecule has 29 heavy (non-hydrogen) atoms. The van der Waals surface area contributed by atoms with Crippen LogP contribution in [0.4, 0.5) is 4.79 Å². The number of likely N-dealkylation sites (N-methyl/N-ethyl adjacent to an activating group) is 1. The second kappa shape index (κ2) is 7.89. The summed E-state index contributed by atoms with van der Waals surface area (Å²) in [5.41, 5.74) is 2.11. The summed E-state index contributed by atoms with van der Waals surface area (Å²) >= 11 is 0. The molecule has 1 N–H and O–H groups in total. The molecule has 4 unspecified atom stereocenters. The molecular weight excluding hydrogens is 366 g/mol. The SMILES string of the molecule is C=C(C)CN1C(=O)C2C(NC3N(CCc4ccccc4)CC(C)CN23)N(C)C1=O. The molecular formula is C22H31N5O2. The summed E-state index contributed by atoms with van der Waals surface area (Å²) in [6.45, 7) is 11.0. The smallest absolute Gasteiger partial charge is 0.310 e. The average molecular weight is 398 g/mol. The van der Waals surface area contributed by atoms with Gasteiger partial charge in [-0.2, -0.15) is 0 Å². The Bertz CT molecular complexity index is 798. The van der Waals surface area contributed by atoms with Gasteiger partial charge in [-0.25, -0.2) is 4.79 Å². The van der Waals surface area contributed by atoms with Crippen molar-refractivity contribution in [1.82, 2.24) is 24.9 Å². The number of carbonyl (C=O) groups is 2. The van der Waals surface area contributed by atoms with Crippen LogP contribution in [0.2, 0.25) is 0 Å². The zero-order valence-electron chi connectivity index (χ0n) is 17.5. The fourth-order valence-electron chi connectivity index (χ4n) is 4.83. The van der Waals surface area contributed by atoms with E-state index in [1.54, 1.807) is 11.9 Å². The second-order valence-corrected chi connectivity index (χ2v) is 8.74. The molecule has 3 amide bonds. The zero-order chi connectivity index (χ0) is 20.7. The van der Waals surface area contributed by atoms with Gasteiger partial charge in [0.15, 0.2) is 0 Å². The van der Waals surface area contributed by atoms with Crippen LogP contribution < -0.4 is 5.32 Å². The highest BCUT2D eigenvalue weighted by Gasteiger charge is 2.56. The first kappa shape index (κ1) is 20.1. The molecule has 0 spiro atoms. The van der Waals surface area contributed by atoms with E-state index < -0.39 is 0 Å². The minimum Gasteiger partial charge on any atom is -0.310 e. The number of carbonyl (C=O) groups excluding carboxylic acids is 2. The highest BCUT2D eigenvalue weighted by molar-refractivity contribution is 6.00. The summed E-state index contributed by atoms with van der Waals surface area (Å²) < 4.78 is 0. The van der Waals surface area contributed by atoms with E-state index in [4.69, 9.17) is 0 Å². The van der Waals surface area contributed by atoms with Crippen molar-refractivity contribution in [2.75, 3.05) is 33.2 Å². The Balaban J connectivity index is 1.55. The van der Waals surface area contributed by atoms with Gasteiger partial charge in [0.05, 0.1) is 6.54 Å². The van der Waals surface area contributed by atoms with E-state index in [0.717, 1.165) is 31.6 Å². The van der Waals surface area contributed by atoms with Crippen LogP contribution in [-0.2, 0) is 11.2 Å². The molecule has 1 aromatic rings. The third-order valence-electron chi connectivity index (χ3n) is 6.13. The van der Waals surface area contributed by atoms with Gasteiger partial charge in [0.1, 0.15) is 18.5 Å². The van der Waals surface area contributed by atoms with Crippen molar-refractivity contribution >= 4 is 11.9 Å². The van der Waals surface area contributed by atoms with Gasteiger partial charge in [-0.3, -0.25) is 24.8 Å². The number of fused-ring (bicyclic) bond motifs is 3. The summed E-state index contributed by atoms with van der Waals surface area (Å²) in [5, 5.41) is 3.57. The maximum Gasteiger partial charge on any atom is 0.328 e. The summed E-state index contributed by atoms with van der Waals surface area (Å²) in [7, 11) is 1.78. The molecule has 0 radical (unpaired) electrons. The van der Waals surface area contributed by atoms with Crippen LogP contribution in [0, 0.1) is 5.92 Å². The van der Waals surface area contributed by atoms with Gasteiger partial charge < -0.3 is 4.90 Å². The Labute approximate surface area is 172 Å². The molecule has 3 heterocycles. The Kier molecular flexibility index (Phi) is 5.46. The third kappa shape index (κ3) is 3.70. The van der Waals surface area contributed by atoms with E-state index in [9.17, 15) is 9.59 Å². The van der Waals surface area contributed by atoms with Crippen LogP contribution in [0.5, 0.6) is 0 Å². The molecule has 1 aromatic carbocycles. The highest BCUT2D eigenvalue weighted by atomic mass is 16.2. The number of nitrogens with one attached hydrogen (secondary N) is 1. The second-order valence-electron chi connectivity index (χ2n) is 8.74. The van der Waals surface area contributed by atoms with E-state index in [0.29, 0.717) is 5.92 Å². The molecule has 156 valence electrons. The third-order valence-corrected chi connectivity index (χ3v) is 6.13. The van der Waals surface area contributed by atoms with Crippen molar-refractivity contribution in [2.45, 2.75) is 38.8 Å². The van der Waals surface area contributed by atoms with E-state index in [2.05, 4.69) is 52.9 Å². The quantitative estimate of drug-likeness (QED) is 0.764. The topological polar surface area (TPSA) is 59.1 Å². The van der Waals surface area contributed by atoms with Crippen LogP contribution in [0.1, 0.15) is 19.4 Å². The van der Waals surface area contributed by atoms with Gasteiger partial charge in [-0.15, -0.1) is 0 Å². The predicted molar refractivity (Wildman–Crippen MR) is 112 cm³/mol. The monoisotopic (exact) mass is 397 g/mol. The maximum absolute atomic E-state index is 13.3. The zero-order valence-corrected chi connectivity index (χ0v) is 17.5. The average Bonchev–Trinajstić information content (AvgIpc) is 3.08. The fourth-order valence-corrected chi connectivity index (χ4v) is 4.83. The van der Waals surface area contributed by atoms with Gasteiger partial charge >= 0.3 is 6.03 Å². The number of amides is 3. The van der Waals surface area contributed by atoms with Gasteiger partial charge in [-0.1, -0.05) is 49.4 Å². The largest absolute Gasteiger partial charge is 0.328 e. The Morgan fingerprint density at radius 2 is 1.93 bits per heavy atom. The lowest BCUT2D eigenvalue weighted by molar-refractivity contribution is -0.140. The maximum atomic E-state index is 13.3. The first-order chi connectivity index (χ1) is 13.9. The summed E-state index contributed by atoms with van der Waals surface area (Å²) in [4.78, 5) is 33.8.